The number of para-hydroxylation sites is 1. The molecule has 3 atom stereocenters. The van der Waals surface area contributed by atoms with Gasteiger partial charge in [0.05, 0.1) is 6.61 Å². The van der Waals surface area contributed by atoms with Crippen LogP contribution in [0.2, 0.25) is 0 Å². The number of ether oxygens (including phenoxy) is 1. The van der Waals surface area contributed by atoms with Crippen molar-refractivity contribution >= 4 is 11.7 Å². The topological polar surface area (TPSA) is 117 Å². The number of primary amides is 1. The molecule has 7 nitrogen and oxygen atoms in total. The van der Waals surface area contributed by atoms with Crippen LogP contribution in [0.15, 0.2) is 54.6 Å². The molecule has 0 aliphatic heterocycles. The fourth-order valence-corrected chi connectivity index (χ4v) is 2.48. The van der Waals surface area contributed by atoms with Gasteiger partial charge in [-0.25, -0.2) is 4.79 Å². The Morgan fingerprint density at radius 3 is 2.35 bits per heavy atom. The molecule has 0 saturated carbocycles. The Morgan fingerprint density at radius 2 is 1.81 bits per heavy atom. The zero-order valence-corrected chi connectivity index (χ0v) is 14.6. The molecule has 0 radical (unpaired) electrons. The van der Waals surface area contributed by atoms with Gasteiger partial charge in [-0.1, -0.05) is 30.3 Å². The minimum atomic E-state index is -0.772. The van der Waals surface area contributed by atoms with Gasteiger partial charge in [0.2, 0.25) is 0 Å². The van der Waals surface area contributed by atoms with Crippen molar-refractivity contribution in [1.82, 2.24) is 5.32 Å². The molecule has 0 bridgehead atoms. The Balaban J connectivity index is 1.98. The van der Waals surface area contributed by atoms with Gasteiger partial charge in [0.1, 0.15) is 11.9 Å². The van der Waals surface area contributed by atoms with Crippen LogP contribution in [0.3, 0.4) is 0 Å². The first-order chi connectivity index (χ1) is 12.5. The molecule has 2 aromatic carbocycles. The van der Waals surface area contributed by atoms with Gasteiger partial charge in [0.25, 0.3) is 0 Å². The van der Waals surface area contributed by atoms with E-state index < -0.39 is 18.4 Å². The summed E-state index contributed by atoms with van der Waals surface area (Å²) in [6.07, 6.45) is -0.911. The number of nitrogens with two attached hydrogens (primary N) is 1. The molecule has 0 fully saturated rings. The van der Waals surface area contributed by atoms with Gasteiger partial charge in [0, 0.05) is 11.7 Å². The zero-order chi connectivity index (χ0) is 18.9. The lowest BCUT2D eigenvalue weighted by Gasteiger charge is -2.27. The van der Waals surface area contributed by atoms with Gasteiger partial charge < -0.3 is 26.0 Å². The lowest BCUT2D eigenvalue weighted by atomic mass is 10.1. The Kier molecular flexibility index (Phi) is 7.40. The minimum absolute atomic E-state index is 0.122. The van der Waals surface area contributed by atoms with Crippen molar-refractivity contribution in [2.24, 2.45) is 5.73 Å². The van der Waals surface area contributed by atoms with Crippen LogP contribution in [0, 0.1) is 0 Å². The number of benzene rings is 2. The maximum absolute atomic E-state index is 10.8. The maximum atomic E-state index is 10.8. The second-order valence-corrected chi connectivity index (χ2v) is 6.03. The van der Waals surface area contributed by atoms with Crippen LogP contribution in [0.5, 0.6) is 5.75 Å². The Morgan fingerprint density at radius 1 is 1.15 bits per heavy atom. The third-order valence-electron chi connectivity index (χ3n) is 3.77. The summed E-state index contributed by atoms with van der Waals surface area (Å²) in [5.41, 5.74) is 6.64. The highest BCUT2D eigenvalue weighted by atomic mass is 16.5. The van der Waals surface area contributed by atoms with Crippen molar-refractivity contribution in [3.63, 3.8) is 0 Å². The van der Waals surface area contributed by atoms with Crippen LogP contribution in [-0.4, -0.2) is 41.2 Å². The highest BCUT2D eigenvalue weighted by Crippen LogP contribution is 2.14. The van der Waals surface area contributed by atoms with Crippen molar-refractivity contribution in [2.75, 3.05) is 11.9 Å². The van der Waals surface area contributed by atoms with Crippen molar-refractivity contribution in [3.05, 3.63) is 60.2 Å². The summed E-state index contributed by atoms with van der Waals surface area (Å²) in [5, 5.41) is 25.3. The highest BCUT2D eigenvalue weighted by molar-refractivity contribution is 5.87. The third-order valence-corrected chi connectivity index (χ3v) is 3.77. The first kappa shape index (κ1) is 19.7. The van der Waals surface area contributed by atoms with E-state index in [2.05, 4.69) is 10.6 Å². The second kappa shape index (κ2) is 9.76. The summed E-state index contributed by atoms with van der Waals surface area (Å²) in [7, 11) is 0. The summed E-state index contributed by atoms with van der Waals surface area (Å²) in [5.74, 6) is 0.629. The number of urea groups is 1. The molecule has 26 heavy (non-hydrogen) atoms. The number of rotatable bonds is 9. The van der Waals surface area contributed by atoms with Crippen molar-refractivity contribution in [1.29, 1.82) is 0 Å². The Hall–Kier alpha value is -2.61. The van der Waals surface area contributed by atoms with E-state index in [0.717, 1.165) is 5.56 Å². The van der Waals surface area contributed by atoms with Gasteiger partial charge in [-0.3, -0.25) is 5.32 Å². The van der Waals surface area contributed by atoms with E-state index in [9.17, 15) is 15.0 Å². The van der Waals surface area contributed by atoms with Crippen LogP contribution in [0.25, 0.3) is 0 Å². The van der Waals surface area contributed by atoms with Crippen molar-refractivity contribution < 1.29 is 19.7 Å². The minimum Gasteiger partial charge on any atom is -0.473 e. The van der Waals surface area contributed by atoms with E-state index in [1.54, 1.807) is 31.2 Å². The zero-order valence-electron chi connectivity index (χ0n) is 14.6. The standard InChI is InChI=1S/C19H25N3O4/c1-13(24)18(26-17-5-3-2-4-6-17)21-16(12-23)11-14-7-9-15(10-8-14)22-19(20)25/h2-10,13,16,18,21,23-24H,11-12H2,1H3,(H3,20,22,25). The molecule has 0 aliphatic rings. The Bertz CT molecular complexity index is 677. The van der Waals surface area contributed by atoms with Crippen LogP contribution in [0.1, 0.15) is 12.5 Å². The maximum Gasteiger partial charge on any atom is 0.316 e. The van der Waals surface area contributed by atoms with Gasteiger partial charge >= 0.3 is 6.03 Å². The summed E-state index contributed by atoms with van der Waals surface area (Å²) < 4.78 is 5.78. The van der Waals surface area contributed by atoms with Gasteiger partial charge in [-0.15, -0.1) is 0 Å². The lowest BCUT2D eigenvalue weighted by molar-refractivity contribution is 0.0138. The number of carbonyl (C=O) groups is 1. The smallest absolute Gasteiger partial charge is 0.316 e. The van der Waals surface area contributed by atoms with Crippen LogP contribution < -0.4 is 21.1 Å². The largest absolute Gasteiger partial charge is 0.473 e. The number of aliphatic hydroxyl groups is 2. The van der Waals surface area contributed by atoms with E-state index >= 15 is 0 Å². The Labute approximate surface area is 152 Å². The molecule has 0 aliphatic carbocycles. The average Bonchev–Trinajstić information content (AvgIpc) is 2.62. The third kappa shape index (κ3) is 6.36. The number of carbonyl (C=O) groups excluding carboxylic acids is 1. The van der Waals surface area contributed by atoms with E-state index in [1.807, 2.05) is 30.3 Å². The average molecular weight is 359 g/mol. The number of amides is 2. The number of nitrogens with one attached hydrogen (secondary N) is 2. The van der Waals surface area contributed by atoms with Crippen molar-refractivity contribution in [3.8, 4) is 5.75 Å². The van der Waals surface area contributed by atoms with Gasteiger partial charge in [-0.05, 0) is 43.2 Å². The van der Waals surface area contributed by atoms with Crippen molar-refractivity contribution in [2.45, 2.75) is 31.7 Å². The first-order valence-corrected chi connectivity index (χ1v) is 8.40. The molecule has 0 spiro atoms. The summed E-state index contributed by atoms with van der Waals surface area (Å²) in [6.45, 7) is 1.50. The molecule has 2 aromatic rings. The molecule has 0 saturated heterocycles. The van der Waals surface area contributed by atoms with E-state index in [4.69, 9.17) is 10.5 Å². The van der Waals surface area contributed by atoms with Crippen LogP contribution in [-0.2, 0) is 6.42 Å². The normalized spacial score (nSPS) is 14.3. The number of hydrogen-bond donors (Lipinski definition) is 5. The monoisotopic (exact) mass is 359 g/mol. The predicted octanol–water partition coefficient (Wildman–Crippen LogP) is 1.46. The lowest BCUT2D eigenvalue weighted by Crippen LogP contribution is -2.50. The number of aliphatic hydroxyl groups excluding tert-OH is 2. The van der Waals surface area contributed by atoms with E-state index in [-0.39, 0.29) is 12.6 Å². The molecule has 2 rings (SSSR count). The second-order valence-electron chi connectivity index (χ2n) is 6.03. The quantitative estimate of drug-likeness (QED) is 0.435. The molecule has 6 N–H and O–H groups in total. The molecular weight excluding hydrogens is 334 g/mol. The summed E-state index contributed by atoms with van der Waals surface area (Å²) >= 11 is 0. The van der Waals surface area contributed by atoms with Crippen LogP contribution >= 0.6 is 0 Å². The molecule has 140 valence electrons. The van der Waals surface area contributed by atoms with Gasteiger partial charge in [-0.2, -0.15) is 0 Å². The molecule has 3 unspecified atom stereocenters. The van der Waals surface area contributed by atoms with Crippen LogP contribution in [0.4, 0.5) is 10.5 Å². The molecular formula is C19H25N3O4. The van der Waals surface area contributed by atoms with E-state index in [1.165, 1.54) is 0 Å². The predicted molar refractivity (Wildman–Crippen MR) is 99.9 cm³/mol. The van der Waals surface area contributed by atoms with E-state index in [0.29, 0.717) is 17.9 Å². The number of hydrogen-bond acceptors (Lipinski definition) is 5. The number of anilines is 1. The fraction of sp³-hybridized carbons (Fsp3) is 0.316. The first-order valence-electron chi connectivity index (χ1n) is 8.40. The molecule has 2 amide bonds. The summed E-state index contributed by atoms with van der Waals surface area (Å²) in [6, 6.07) is 15.4. The SMILES string of the molecule is CC(O)C(NC(CO)Cc1ccc(NC(N)=O)cc1)Oc1ccccc1. The molecule has 0 aromatic heterocycles. The summed E-state index contributed by atoms with van der Waals surface area (Å²) in [4.78, 5) is 10.8. The highest BCUT2D eigenvalue weighted by Gasteiger charge is 2.21. The molecule has 0 heterocycles. The van der Waals surface area contributed by atoms with Gasteiger partial charge in [0.15, 0.2) is 6.23 Å². The fourth-order valence-electron chi connectivity index (χ4n) is 2.48. The molecule has 7 heteroatoms.